The van der Waals surface area contributed by atoms with Crippen LogP contribution in [0.4, 0.5) is 0 Å². The predicted molar refractivity (Wildman–Crippen MR) is 66.6 cm³/mol. The molecule has 2 N–H and O–H groups in total. The number of rotatable bonds is 6. The zero-order chi connectivity index (χ0) is 12.1. The molecule has 1 atom stereocenters. The Balaban J connectivity index is 1.65. The number of aliphatic hydroxyl groups excluding tert-OH is 1. The van der Waals surface area contributed by atoms with E-state index >= 15 is 0 Å². The van der Waals surface area contributed by atoms with Crippen molar-refractivity contribution < 1.29 is 9.90 Å². The Hall–Kier alpha value is -0.610. The van der Waals surface area contributed by atoms with E-state index in [-0.39, 0.29) is 12.5 Å². The van der Waals surface area contributed by atoms with E-state index in [4.69, 9.17) is 5.11 Å². The van der Waals surface area contributed by atoms with Crippen LogP contribution in [0.1, 0.15) is 38.5 Å². The SMILES string of the molecule is O=C(CCNC1CC1)N1CCCC(CCO)C1. The van der Waals surface area contributed by atoms with Crippen LogP contribution >= 0.6 is 0 Å². The van der Waals surface area contributed by atoms with Crippen molar-refractivity contribution in [2.45, 2.75) is 44.6 Å². The minimum Gasteiger partial charge on any atom is -0.396 e. The molecule has 1 unspecified atom stereocenters. The van der Waals surface area contributed by atoms with Crippen molar-refractivity contribution in [1.29, 1.82) is 0 Å². The summed E-state index contributed by atoms with van der Waals surface area (Å²) in [5.74, 6) is 0.787. The Bertz CT molecular complexity index is 252. The van der Waals surface area contributed by atoms with Crippen LogP contribution in [0.2, 0.25) is 0 Å². The van der Waals surface area contributed by atoms with Crippen LogP contribution < -0.4 is 5.32 Å². The number of aliphatic hydroxyl groups is 1. The minimum atomic E-state index is 0.246. The lowest BCUT2D eigenvalue weighted by Crippen LogP contribution is -2.41. The van der Waals surface area contributed by atoms with Gasteiger partial charge in [0.2, 0.25) is 5.91 Å². The summed E-state index contributed by atoms with van der Waals surface area (Å²) in [6.45, 7) is 2.83. The first-order chi connectivity index (χ1) is 8.29. The zero-order valence-corrected chi connectivity index (χ0v) is 10.5. The average Bonchev–Trinajstić information content (AvgIpc) is 3.14. The summed E-state index contributed by atoms with van der Waals surface area (Å²) in [7, 11) is 0. The van der Waals surface area contributed by atoms with Crippen molar-refractivity contribution in [2.75, 3.05) is 26.2 Å². The van der Waals surface area contributed by atoms with Crippen molar-refractivity contribution in [3.05, 3.63) is 0 Å². The number of hydrogen-bond acceptors (Lipinski definition) is 3. The second kappa shape index (κ2) is 6.36. The third kappa shape index (κ3) is 4.28. The summed E-state index contributed by atoms with van der Waals surface area (Å²) in [5, 5.41) is 12.3. The van der Waals surface area contributed by atoms with E-state index in [0.29, 0.717) is 18.4 Å². The van der Waals surface area contributed by atoms with Gasteiger partial charge >= 0.3 is 0 Å². The summed E-state index contributed by atoms with van der Waals surface area (Å²) >= 11 is 0. The molecule has 1 aliphatic heterocycles. The molecule has 1 heterocycles. The highest BCUT2D eigenvalue weighted by Crippen LogP contribution is 2.20. The van der Waals surface area contributed by atoms with E-state index in [0.717, 1.165) is 38.9 Å². The number of nitrogens with zero attached hydrogens (tertiary/aromatic N) is 1. The lowest BCUT2D eigenvalue weighted by Gasteiger charge is -2.32. The standard InChI is InChI=1S/C13H24N2O2/c16-9-6-11-2-1-8-15(10-11)13(17)5-7-14-12-3-4-12/h11-12,14,16H,1-10H2. The highest BCUT2D eigenvalue weighted by atomic mass is 16.3. The maximum atomic E-state index is 12.0. The number of carbonyl (C=O) groups excluding carboxylic acids is 1. The molecule has 1 saturated carbocycles. The lowest BCUT2D eigenvalue weighted by atomic mass is 9.95. The molecule has 17 heavy (non-hydrogen) atoms. The fourth-order valence-corrected chi connectivity index (χ4v) is 2.54. The van der Waals surface area contributed by atoms with Crippen LogP contribution in [0.3, 0.4) is 0 Å². The van der Waals surface area contributed by atoms with E-state index < -0.39 is 0 Å². The molecular weight excluding hydrogens is 216 g/mol. The number of amides is 1. The fourth-order valence-electron chi connectivity index (χ4n) is 2.54. The van der Waals surface area contributed by atoms with Crippen LogP contribution in [0.5, 0.6) is 0 Å². The predicted octanol–water partition coefficient (Wildman–Crippen LogP) is 0.749. The van der Waals surface area contributed by atoms with E-state index in [1.807, 2.05) is 4.90 Å². The molecule has 2 fully saturated rings. The third-order valence-corrected chi connectivity index (χ3v) is 3.76. The first-order valence-electron chi connectivity index (χ1n) is 6.91. The van der Waals surface area contributed by atoms with Crippen LogP contribution in [0.15, 0.2) is 0 Å². The van der Waals surface area contributed by atoms with Crippen LogP contribution in [0.25, 0.3) is 0 Å². The minimum absolute atomic E-state index is 0.246. The van der Waals surface area contributed by atoms with Gasteiger partial charge < -0.3 is 15.3 Å². The van der Waals surface area contributed by atoms with Gasteiger partial charge in [0.1, 0.15) is 0 Å². The summed E-state index contributed by atoms with van der Waals surface area (Å²) in [5.41, 5.74) is 0. The topological polar surface area (TPSA) is 52.6 Å². The van der Waals surface area contributed by atoms with E-state index in [2.05, 4.69) is 5.32 Å². The first-order valence-corrected chi connectivity index (χ1v) is 6.91. The Morgan fingerprint density at radius 1 is 1.35 bits per heavy atom. The van der Waals surface area contributed by atoms with Gasteiger partial charge in [-0.25, -0.2) is 0 Å². The molecule has 0 aromatic carbocycles. The molecule has 1 amide bonds. The Morgan fingerprint density at radius 2 is 2.18 bits per heavy atom. The molecule has 1 saturated heterocycles. The average molecular weight is 240 g/mol. The maximum Gasteiger partial charge on any atom is 0.223 e. The normalized spacial score (nSPS) is 25.0. The van der Waals surface area contributed by atoms with Crippen molar-refractivity contribution in [3.8, 4) is 0 Å². The lowest BCUT2D eigenvalue weighted by molar-refractivity contribution is -0.133. The number of likely N-dealkylation sites (tertiary alicyclic amines) is 1. The number of nitrogens with one attached hydrogen (secondary N) is 1. The maximum absolute atomic E-state index is 12.0. The summed E-state index contributed by atoms with van der Waals surface area (Å²) in [6, 6.07) is 0.686. The second-order valence-electron chi connectivity index (χ2n) is 5.34. The Morgan fingerprint density at radius 3 is 2.88 bits per heavy atom. The summed E-state index contributed by atoms with van der Waals surface area (Å²) in [6.07, 6.45) is 6.26. The van der Waals surface area contributed by atoms with Gasteiger partial charge in [-0.3, -0.25) is 4.79 Å². The smallest absolute Gasteiger partial charge is 0.223 e. The molecule has 0 aromatic heterocycles. The van der Waals surface area contributed by atoms with Crippen molar-refractivity contribution in [3.63, 3.8) is 0 Å². The quantitative estimate of drug-likeness (QED) is 0.720. The van der Waals surface area contributed by atoms with Crippen LogP contribution in [0, 0.1) is 5.92 Å². The van der Waals surface area contributed by atoms with Gasteiger partial charge in [-0.15, -0.1) is 0 Å². The largest absolute Gasteiger partial charge is 0.396 e. The Kier molecular flexibility index (Phi) is 4.80. The summed E-state index contributed by atoms with van der Waals surface area (Å²) in [4.78, 5) is 14.0. The molecule has 0 radical (unpaired) electrons. The molecule has 4 heteroatoms. The fraction of sp³-hybridized carbons (Fsp3) is 0.923. The Labute approximate surface area is 103 Å². The number of hydrogen-bond donors (Lipinski definition) is 2. The van der Waals surface area contributed by atoms with Gasteiger partial charge in [-0.05, 0) is 38.0 Å². The zero-order valence-electron chi connectivity index (χ0n) is 10.5. The molecule has 2 aliphatic rings. The van der Waals surface area contributed by atoms with Crippen molar-refractivity contribution >= 4 is 5.91 Å². The van der Waals surface area contributed by atoms with E-state index in [1.165, 1.54) is 12.8 Å². The van der Waals surface area contributed by atoms with E-state index in [9.17, 15) is 4.79 Å². The monoisotopic (exact) mass is 240 g/mol. The van der Waals surface area contributed by atoms with Gasteiger partial charge in [0.05, 0.1) is 0 Å². The van der Waals surface area contributed by atoms with Crippen LogP contribution in [-0.2, 0) is 4.79 Å². The molecule has 98 valence electrons. The first kappa shape index (κ1) is 12.8. The molecular formula is C13H24N2O2. The molecule has 0 bridgehead atoms. The summed E-state index contributed by atoms with van der Waals surface area (Å²) < 4.78 is 0. The van der Waals surface area contributed by atoms with E-state index in [1.54, 1.807) is 0 Å². The van der Waals surface area contributed by atoms with Gasteiger partial charge in [-0.2, -0.15) is 0 Å². The third-order valence-electron chi connectivity index (χ3n) is 3.76. The number of piperidine rings is 1. The molecule has 1 aliphatic carbocycles. The number of carbonyl (C=O) groups is 1. The van der Waals surface area contributed by atoms with Crippen molar-refractivity contribution in [2.24, 2.45) is 5.92 Å². The van der Waals surface area contributed by atoms with Crippen molar-refractivity contribution in [1.82, 2.24) is 10.2 Å². The van der Waals surface area contributed by atoms with Gasteiger partial charge in [0.15, 0.2) is 0 Å². The second-order valence-corrected chi connectivity index (χ2v) is 5.34. The molecule has 2 rings (SSSR count). The molecule has 0 aromatic rings. The van der Waals surface area contributed by atoms with Gasteiger partial charge in [0, 0.05) is 38.7 Å². The van der Waals surface area contributed by atoms with Gasteiger partial charge in [-0.1, -0.05) is 0 Å². The molecule has 0 spiro atoms. The highest BCUT2D eigenvalue weighted by Gasteiger charge is 2.24. The van der Waals surface area contributed by atoms with Gasteiger partial charge in [0.25, 0.3) is 0 Å². The van der Waals surface area contributed by atoms with Crippen LogP contribution in [-0.4, -0.2) is 48.2 Å². The molecule has 4 nitrogen and oxygen atoms in total. The highest BCUT2D eigenvalue weighted by molar-refractivity contribution is 5.76.